The van der Waals surface area contributed by atoms with Gasteiger partial charge < -0.3 is 5.11 Å². The fourth-order valence-corrected chi connectivity index (χ4v) is 0.851. The molecule has 0 radical (unpaired) electrons. The van der Waals surface area contributed by atoms with Crippen LogP contribution in [0.5, 0.6) is 0 Å². The highest BCUT2D eigenvalue weighted by molar-refractivity contribution is 5.08. The number of aromatic nitrogens is 2. The molecule has 12 heavy (non-hydrogen) atoms. The van der Waals surface area contributed by atoms with E-state index >= 15 is 0 Å². The van der Waals surface area contributed by atoms with Crippen molar-refractivity contribution in [3.63, 3.8) is 0 Å². The fourth-order valence-electron chi connectivity index (χ4n) is 0.851. The van der Waals surface area contributed by atoms with Gasteiger partial charge in [-0.25, -0.2) is 8.78 Å². The zero-order valence-electron chi connectivity index (χ0n) is 6.61. The Morgan fingerprint density at radius 2 is 2.33 bits per heavy atom. The Balaban J connectivity index is 2.74. The monoisotopic (exact) mass is 176 g/mol. The Hall–Kier alpha value is -0.970. The van der Waals surface area contributed by atoms with E-state index in [1.165, 1.54) is 17.1 Å². The highest BCUT2D eigenvalue weighted by Crippen LogP contribution is 2.18. The summed E-state index contributed by atoms with van der Waals surface area (Å²) in [6, 6.07) is 0. The zero-order valence-corrected chi connectivity index (χ0v) is 6.61. The molecule has 1 aromatic heterocycles. The van der Waals surface area contributed by atoms with Gasteiger partial charge in [-0.3, -0.25) is 4.68 Å². The average molecular weight is 176 g/mol. The van der Waals surface area contributed by atoms with Crippen LogP contribution in [0.25, 0.3) is 0 Å². The molecule has 0 aromatic carbocycles. The van der Waals surface area contributed by atoms with Gasteiger partial charge in [0.25, 0.3) is 6.43 Å². The third-order valence-corrected chi connectivity index (χ3v) is 1.56. The second-order valence-electron chi connectivity index (χ2n) is 2.41. The van der Waals surface area contributed by atoms with Gasteiger partial charge in [-0.2, -0.15) is 5.10 Å². The van der Waals surface area contributed by atoms with Crippen LogP contribution in [0.15, 0.2) is 12.4 Å². The van der Waals surface area contributed by atoms with Gasteiger partial charge in [0, 0.05) is 18.3 Å². The molecule has 5 heteroatoms. The molecule has 0 bridgehead atoms. The van der Waals surface area contributed by atoms with Crippen LogP contribution in [0.2, 0.25) is 0 Å². The first-order chi connectivity index (χ1) is 5.65. The summed E-state index contributed by atoms with van der Waals surface area (Å²) >= 11 is 0. The summed E-state index contributed by atoms with van der Waals surface area (Å²) < 4.78 is 25.4. The largest absolute Gasteiger partial charge is 0.382 e. The number of rotatable bonds is 3. The molecule has 0 spiro atoms. The van der Waals surface area contributed by atoms with Crippen LogP contribution in [-0.4, -0.2) is 21.3 Å². The van der Waals surface area contributed by atoms with Crippen LogP contribution in [-0.2, 0) is 6.54 Å². The van der Waals surface area contributed by atoms with Crippen molar-refractivity contribution in [1.82, 2.24) is 9.78 Å². The van der Waals surface area contributed by atoms with Crippen LogP contribution in [0.1, 0.15) is 18.6 Å². The molecule has 1 atom stereocenters. The summed E-state index contributed by atoms with van der Waals surface area (Å²) in [6.07, 6.45) is -1.80. The van der Waals surface area contributed by atoms with Crippen molar-refractivity contribution in [3.8, 4) is 0 Å². The lowest BCUT2D eigenvalue weighted by Crippen LogP contribution is -2.06. The maximum Gasteiger partial charge on any atom is 0.268 e. The molecule has 0 aliphatic heterocycles. The van der Waals surface area contributed by atoms with Gasteiger partial charge in [-0.05, 0) is 6.92 Å². The molecule has 68 valence electrons. The normalized spacial score (nSPS) is 13.8. The van der Waals surface area contributed by atoms with Crippen molar-refractivity contribution in [3.05, 3.63) is 18.0 Å². The Morgan fingerprint density at radius 3 is 2.75 bits per heavy atom. The highest BCUT2D eigenvalue weighted by atomic mass is 19.3. The molecule has 0 saturated heterocycles. The molecular formula is C7H10F2N2O. The minimum Gasteiger partial charge on any atom is -0.382 e. The average Bonchev–Trinajstić information content (AvgIpc) is 2.50. The maximum absolute atomic E-state index is 11.9. The second-order valence-corrected chi connectivity index (χ2v) is 2.41. The smallest absolute Gasteiger partial charge is 0.268 e. The Labute approximate surface area is 68.6 Å². The van der Waals surface area contributed by atoms with Gasteiger partial charge in [0.2, 0.25) is 0 Å². The van der Waals surface area contributed by atoms with E-state index in [2.05, 4.69) is 5.10 Å². The molecule has 1 N–H and O–H groups in total. The van der Waals surface area contributed by atoms with Crippen molar-refractivity contribution < 1.29 is 13.9 Å². The molecule has 0 saturated carbocycles. The molecule has 0 amide bonds. The van der Waals surface area contributed by atoms with Crippen molar-refractivity contribution >= 4 is 0 Å². The maximum atomic E-state index is 11.9. The minimum absolute atomic E-state index is 0.159. The van der Waals surface area contributed by atoms with Crippen molar-refractivity contribution in [2.75, 3.05) is 0 Å². The van der Waals surface area contributed by atoms with E-state index in [1.807, 2.05) is 6.92 Å². The Morgan fingerprint density at radius 1 is 1.67 bits per heavy atom. The molecular weight excluding hydrogens is 166 g/mol. The molecule has 1 heterocycles. The SMILES string of the molecule is CCn1cc(C(O)C(F)F)cn1. The van der Waals surface area contributed by atoms with Crippen molar-refractivity contribution in [2.45, 2.75) is 26.0 Å². The predicted octanol–water partition coefficient (Wildman–Crippen LogP) is 1.20. The molecule has 1 aromatic rings. The summed E-state index contributed by atoms with van der Waals surface area (Å²) in [5.41, 5.74) is 0.159. The molecule has 3 nitrogen and oxygen atoms in total. The number of hydrogen-bond donors (Lipinski definition) is 1. The van der Waals surface area contributed by atoms with Gasteiger partial charge in [0.1, 0.15) is 6.10 Å². The lowest BCUT2D eigenvalue weighted by Gasteiger charge is -2.04. The minimum atomic E-state index is -2.75. The highest BCUT2D eigenvalue weighted by Gasteiger charge is 2.20. The standard InChI is InChI=1S/C7H10F2N2O/c1-2-11-4-5(3-10-11)6(12)7(8)9/h3-4,6-7,12H,2H2,1H3. The van der Waals surface area contributed by atoms with Crippen LogP contribution in [0.4, 0.5) is 8.78 Å². The van der Waals surface area contributed by atoms with Gasteiger partial charge in [-0.15, -0.1) is 0 Å². The van der Waals surface area contributed by atoms with E-state index < -0.39 is 12.5 Å². The van der Waals surface area contributed by atoms with E-state index in [4.69, 9.17) is 5.11 Å². The number of aliphatic hydroxyl groups is 1. The van der Waals surface area contributed by atoms with E-state index in [-0.39, 0.29) is 5.56 Å². The first kappa shape index (κ1) is 9.12. The summed E-state index contributed by atoms with van der Waals surface area (Å²) in [7, 11) is 0. The van der Waals surface area contributed by atoms with Crippen LogP contribution in [0.3, 0.4) is 0 Å². The van der Waals surface area contributed by atoms with Crippen LogP contribution < -0.4 is 0 Å². The molecule has 0 aliphatic rings. The number of halogens is 2. The topological polar surface area (TPSA) is 38.0 Å². The summed E-state index contributed by atoms with van der Waals surface area (Å²) in [6.45, 7) is 2.45. The first-order valence-electron chi connectivity index (χ1n) is 3.63. The lowest BCUT2D eigenvalue weighted by molar-refractivity contribution is -0.00582. The second kappa shape index (κ2) is 3.62. The number of nitrogens with zero attached hydrogens (tertiary/aromatic N) is 2. The van der Waals surface area contributed by atoms with E-state index in [0.717, 1.165) is 0 Å². The quantitative estimate of drug-likeness (QED) is 0.751. The van der Waals surface area contributed by atoms with E-state index in [1.54, 1.807) is 0 Å². The van der Waals surface area contributed by atoms with Gasteiger partial charge in [0.15, 0.2) is 0 Å². The summed E-state index contributed by atoms with van der Waals surface area (Å²) in [5.74, 6) is 0. The third-order valence-electron chi connectivity index (χ3n) is 1.56. The van der Waals surface area contributed by atoms with Gasteiger partial charge in [-0.1, -0.05) is 0 Å². The van der Waals surface area contributed by atoms with Gasteiger partial charge >= 0.3 is 0 Å². The van der Waals surface area contributed by atoms with Crippen molar-refractivity contribution in [1.29, 1.82) is 0 Å². The lowest BCUT2D eigenvalue weighted by atomic mass is 10.2. The van der Waals surface area contributed by atoms with E-state index in [9.17, 15) is 8.78 Å². The Bertz CT molecular complexity index is 249. The molecule has 0 aliphatic carbocycles. The van der Waals surface area contributed by atoms with Crippen LogP contribution in [0, 0.1) is 0 Å². The fraction of sp³-hybridized carbons (Fsp3) is 0.571. The number of alkyl halides is 2. The number of aliphatic hydroxyl groups excluding tert-OH is 1. The predicted molar refractivity (Wildman–Crippen MR) is 38.9 cm³/mol. The third kappa shape index (κ3) is 1.79. The number of hydrogen-bond acceptors (Lipinski definition) is 2. The van der Waals surface area contributed by atoms with Crippen LogP contribution >= 0.6 is 0 Å². The van der Waals surface area contributed by atoms with Gasteiger partial charge in [0.05, 0.1) is 6.20 Å². The zero-order chi connectivity index (χ0) is 9.14. The number of aryl methyl sites for hydroxylation is 1. The first-order valence-corrected chi connectivity index (χ1v) is 3.63. The van der Waals surface area contributed by atoms with Crippen molar-refractivity contribution in [2.24, 2.45) is 0 Å². The molecule has 1 rings (SSSR count). The summed E-state index contributed by atoms with van der Waals surface area (Å²) in [5, 5.41) is 12.7. The molecule has 0 fully saturated rings. The van der Waals surface area contributed by atoms with E-state index in [0.29, 0.717) is 6.54 Å². The molecule has 1 unspecified atom stereocenters. The Kier molecular flexibility index (Phi) is 2.75. The summed E-state index contributed by atoms with van der Waals surface area (Å²) in [4.78, 5) is 0.